The number of phenols is 1. The van der Waals surface area contributed by atoms with Crippen LogP contribution in [0.15, 0.2) is 60.7 Å². The van der Waals surface area contributed by atoms with E-state index in [-0.39, 0.29) is 17.7 Å². The van der Waals surface area contributed by atoms with E-state index in [4.69, 9.17) is 9.84 Å². The lowest BCUT2D eigenvalue weighted by Crippen LogP contribution is -2.39. The van der Waals surface area contributed by atoms with Gasteiger partial charge in [-0.3, -0.25) is 4.72 Å². The normalized spacial score (nSPS) is 18.8. The Morgan fingerprint density at radius 3 is 2.45 bits per heavy atom. The lowest BCUT2D eigenvalue weighted by atomic mass is 9.90. The Hall–Kier alpha value is -3.26. The van der Waals surface area contributed by atoms with E-state index in [2.05, 4.69) is 4.72 Å². The second-order valence-electron chi connectivity index (χ2n) is 6.91. The van der Waals surface area contributed by atoms with Gasteiger partial charge in [0.1, 0.15) is 21.8 Å². The molecule has 2 aromatic carbocycles. The van der Waals surface area contributed by atoms with Gasteiger partial charge in [-0.25, -0.2) is 13.2 Å². The molecule has 8 heteroatoms. The number of carboxylic acids is 1. The number of rotatable bonds is 6. The third-order valence-electron chi connectivity index (χ3n) is 4.84. The molecule has 7 nitrogen and oxygen atoms in total. The summed E-state index contributed by atoms with van der Waals surface area (Å²) < 4.78 is 32.5. The number of hydrogen-bond donors (Lipinski definition) is 3. The van der Waals surface area contributed by atoms with E-state index in [1.807, 2.05) is 30.3 Å². The molecule has 1 atom stereocenters. The fourth-order valence-corrected chi connectivity index (χ4v) is 4.37. The fourth-order valence-electron chi connectivity index (χ4n) is 3.10. The molecule has 1 aliphatic carbocycles. The predicted octanol–water partition coefficient (Wildman–Crippen LogP) is 3.64. The van der Waals surface area contributed by atoms with Gasteiger partial charge in [-0.1, -0.05) is 30.4 Å². The van der Waals surface area contributed by atoms with E-state index in [1.54, 1.807) is 26.2 Å². The van der Waals surface area contributed by atoms with Gasteiger partial charge in [-0.15, -0.1) is 0 Å². The molecular formula is C21H21NO6S. The number of anilines is 1. The van der Waals surface area contributed by atoms with Crippen molar-refractivity contribution in [3.8, 4) is 11.5 Å². The predicted molar refractivity (Wildman–Crippen MR) is 111 cm³/mol. The van der Waals surface area contributed by atoms with Crippen LogP contribution in [0.3, 0.4) is 0 Å². The first-order valence-corrected chi connectivity index (χ1v) is 10.2. The summed E-state index contributed by atoms with van der Waals surface area (Å²) in [5.74, 6) is -1.10. The molecule has 1 unspecified atom stereocenters. The van der Waals surface area contributed by atoms with Crippen LogP contribution >= 0.6 is 0 Å². The van der Waals surface area contributed by atoms with Gasteiger partial charge in [0.2, 0.25) is 10.0 Å². The van der Waals surface area contributed by atoms with Crippen LogP contribution < -0.4 is 9.46 Å². The van der Waals surface area contributed by atoms with Crippen LogP contribution in [0.5, 0.6) is 11.5 Å². The standard InChI is InChI=1S/C21H21NO6S/c1-21(11-3-4-15(13-21)14-5-8-17(28-2)9-6-14)29(26,27)22-16-7-10-18(20(24)25)19(23)12-16/h3-12,22-23H,13H2,1-2H3,(H,24,25). The molecule has 152 valence electrons. The van der Waals surface area contributed by atoms with Gasteiger partial charge in [0.15, 0.2) is 0 Å². The van der Waals surface area contributed by atoms with Gasteiger partial charge in [0.25, 0.3) is 0 Å². The molecule has 0 heterocycles. The SMILES string of the molecule is COc1ccc(C2=CC=CC(C)(S(=O)(=O)Nc3ccc(C(=O)O)c(O)c3)C2)cc1. The monoisotopic (exact) mass is 415 g/mol. The van der Waals surface area contributed by atoms with Crippen LogP contribution in [0.1, 0.15) is 29.3 Å². The number of benzene rings is 2. The van der Waals surface area contributed by atoms with Crippen LogP contribution in [-0.2, 0) is 10.0 Å². The summed E-state index contributed by atoms with van der Waals surface area (Å²) in [5, 5.41) is 18.8. The van der Waals surface area contributed by atoms with Gasteiger partial charge in [0, 0.05) is 6.07 Å². The number of nitrogens with one attached hydrogen (secondary N) is 1. The Labute approximate surface area is 169 Å². The Morgan fingerprint density at radius 1 is 1.17 bits per heavy atom. The highest BCUT2D eigenvalue weighted by molar-refractivity contribution is 7.94. The second-order valence-corrected chi connectivity index (χ2v) is 9.06. The Morgan fingerprint density at radius 2 is 1.86 bits per heavy atom. The van der Waals surface area contributed by atoms with Crippen LogP contribution in [-0.4, -0.2) is 36.5 Å². The van der Waals surface area contributed by atoms with Crippen molar-refractivity contribution in [2.75, 3.05) is 11.8 Å². The zero-order chi connectivity index (χ0) is 21.2. The van der Waals surface area contributed by atoms with Crippen molar-refractivity contribution in [3.05, 3.63) is 71.8 Å². The molecule has 0 saturated carbocycles. The quantitative estimate of drug-likeness (QED) is 0.664. The van der Waals surface area contributed by atoms with Crippen molar-refractivity contribution in [1.82, 2.24) is 0 Å². The highest BCUT2D eigenvalue weighted by Gasteiger charge is 2.39. The van der Waals surface area contributed by atoms with Crippen molar-refractivity contribution in [3.63, 3.8) is 0 Å². The summed E-state index contributed by atoms with van der Waals surface area (Å²) in [4.78, 5) is 11.0. The largest absolute Gasteiger partial charge is 0.507 e. The molecule has 0 aliphatic heterocycles. The molecule has 3 N–H and O–H groups in total. The second kappa shape index (κ2) is 7.63. The lowest BCUT2D eigenvalue weighted by molar-refractivity contribution is 0.0694. The third-order valence-corrected chi connectivity index (χ3v) is 6.86. The van der Waals surface area contributed by atoms with Gasteiger partial charge in [-0.05, 0) is 48.7 Å². The zero-order valence-corrected chi connectivity index (χ0v) is 16.7. The molecule has 0 aromatic heterocycles. The number of allylic oxidation sites excluding steroid dienone is 3. The van der Waals surface area contributed by atoms with Crippen molar-refractivity contribution >= 4 is 27.3 Å². The average Bonchev–Trinajstić information content (AvgIpc) is 2.67. The zero-order valence-electron chi connectivity index (χ0n) is 15.9. The van der Waals surface area contributed by atoms with Crippen molar-refractivity contribution in [2.45, 2.75) is 18.1 Å². The number of hydrogen-bond acceptors (Lipinski definition) is 5. The minimum atomic E-state index is -3.90. The number of aromatic hydroxyl groups is 1. The van der Waals surface area contributed by atoms with Gasteiger partial charge in [-0.2, -0.15) is 0 Å². The minimum Gasteiger partial charge on any atom is -0.507 e. The van der Waals surface area contributed by atoms with Crippen LogP contribution in [0.25, 0.3) is 5.57 Å². The number of sulfonamides is 1. The summed E-state index contributed by atoms with van der Waals surface area (Å²) >= 11 is 0. The number of carbonyl (C=O) groups is 1. The first-order valence-electron chi connectivity index (χ1n) is 8.77. The maximum Gasteiger partial charge on any atom is 0.339 e. The molecule has 0 amide bonds. The maximum absolute atomic E-state index is 13.1. The first-order chi connectivity index (χ1) is 13.6. The average molecular weight is 415 g/mol. The van der Waals surface area contributed by atoms with Crippen molar-refractivity contribution < 1.29 is 28.2 Å². The van der Waals surface area contributed by atoms with Crippen LogP contribution in [0, 0.1) is 0 Å². The molecule has 1 aliphatic rings. The number of ether oxygens (including phenoxy) is 1. The molecule has 0 radical (unpaired) electrons. The number of carboxylic acid groups (broad SMARTS) is 1. The van der Waals surface area contributed by atoms with E-state index in [0.29, 0.717) is 5.75 Å². The molecule has 0 saturated heterocycles. The molecule has 0 spiro atoms. The lowest BCUT2D eigenvalue weighted by Gasteiger charge is -2.30. The van der Waals surface area contributed by atoms with E-state index in [9.17, 15) is 18.3 Å². The first kappa shape index (κ1) is 20.5. The van der Waals surface area contributed by atoms with Crippen LogP contribution in [0.2, 0.25) is 0 Å². The van der Waals surface area contributed by atoms with Gasteiger partial charge < -0.3 is 14.9 Å². The Balaban J connectivity index is 1.84. The van der Waals surface area contributed by atoms with E-state index in [1.165, 1.54) is 6.07 Å². The molecular weight excluding hydrogens is 394 g/mol. The molecule has 29 heavy (non-hydrogen) atoms. The smallest absolute Gasteiger partial charge is 0.339 e. The van der Waals surface area contributed by atoms with E-state index in [0.717, 1.165) is 23.3 Å². The Kier molecular flexibility index (Phi) is 5.39. The van der Waals surface area contributed by atoms with E-state index >= 15 is 0 Å². The maximum atomic E-state index is 13.1. The van der Waals surface area contributed by atoms with Crippen molar-refractivity contribution in [2.24, 2.45) is 0 Å². The number of methoxy groups -OCH3 is 1. The summed E-state index contributed by atoms with van der Waals surface area (Å²) in [5.41, 5.74) is 1.52. The molecule has 2 aromatic rings. The molecule has 0 bridgehead atoms. The third kappa shape index (κ3) is 4.12. The molecule has 0 fully saturated rings. The van der Waals surface area contributed by atoms with Gasteiger partial charge >= 0.3 is 5.97 Å². The summed E-state index contributed by atoms with van der Waals surface area (Å²) in [6.07, 6.45) is 5.41. The fraction of sp³-hybridized carbons (Fsp3) is 0.190. The highest BCUT2D eigenvalue weighted by Crippen LogP contribution is 2.37. The van der Waals surface area contributed by atoms with E-state index < -0.39 is 26.5 Å². The Bertz CT molecular complexity index is 1100. The summed E-state index contributed by atoms with van der Waals surface area (Å²) in [7, 11) is -2.32. The highest BCUT2D eigenvalue weighted by atomic mass is 32.2. The number of aromatic carboxylic acids is 1. The molecule has 3 rings (SSSR count). The minimum absolute atomic E-state index is 0.0858. The van der Waals surface area contributed by atoms with Gasteiger partial charge in [0.05, 0.1) is 12.8 Å². The topological polar surface area (TPSA) is 113 Å². The summed E-state index contributed by atoms with van der Waals surface area (Å²) in [6, 6.07) is 10.9. The summed E-state index contributed by atoms with van der Waals surface area (Å²) in [6.45, 7) is 1.60. The van der Waals surface area contributed by atoms with Crippen molar-refractivity contribution in [1.29, 1.82) is 0 Å². The van der Waals surface area contributed by atoms with Crippen LogP contribution in [0.4, 0.5) is 5.69 Å².